The van der Waals surface area contributed by atoms with Gasteiger partial charge in [0.25, 0.3) is 0 Å². The van der Waals surface area contributed by atoms with Crippen LogP contribution < -0.4 is 4.74 Å². The Hall–Kier alpha value is -1.86. The van der Waals surface area contributed by atoms with Crippen LogP contribution in [0.1, 0.15) is 36.3 Å². The molecule has 0 aromatic heterocycles. The molecule has 0 aliphatic carbocycles. The summed E-state index contributed by atoms with van der Waals surface area (Å²) in [6.07, 6.45) is 2.19. The van der Waals surface area contributed by atoms with Crippen molar-refractivity contribution in [3.8, 4) is 11.8 Å². The van der Waals surface area contributed by atoms with Crippen LogP contribution in [0.4, 0.5) is 0 Å². The Morgan fingerprint density at radius 1 is 1.60 bits per heavy atom. The molecule has 0 spiro atoms. The van der Waals surface area contributed by atoms with E-state index < -0.39 is 5.92 Å². The van der Waals surface area contributed by atoms with Crippen LogP contribution in [0.5, 0.6) is 5.75 Å². The monoisotopic (exact) mass is 273 g/mol. The largest absolute Gasteiger partial charge is 0.496 e. The van der Waals surface area contributed by atoms with Gasteiger partial charge in [0.2, 0.25) is 0 Å². The molecule has 0 amide bonds. The number of hydrogen-bond acceptors (Lipinski definition) is 4. The van der Waals surface area contributed by atoms with Gasteiger partial charge >= 0.3 is 0 Å². The molecule has 2 unspecified atom stereocenters. The second-order valence-electron chi connectivity index (χ2n) is 5.10. The van der Waals surface area contributed by atoms with Gasteiger partial charge in [0.1, 0.15) is 11.7 Å². The highest BCUT2D eigenvalue weighted by molar-refractivity contribution is 5.88. The first-order chi connectivity index (χ1) is 9.65. The summed E-state index contributed by atoms with van der Waals surface area (Å²) in [4.78, 5) is 12.3. The highest BCUT2D eigenvalue weighted by Crippen LogP contribution is 2.27. The Kier molecular flexibility index (Phi) is 4.75. The third kappa shape index (κ3) is 3.17. The fourth-order valence-electron chi connectivity index (χ4n) is 2.50. The molecule has 0 radical (unpaired) electrons. The first-order valence-electron chi connectivity index (χ1n) is 6.84. The normalized spacial score (nSPS) is 19.4. The van der Waals surface area contributed by atoms with Crippen LogP contribution in [0.15, 0.2) is 18.2 Å². The lowest BCUT2D eigenvalue weighted by molar-refractivity contribution is -0.121. The van der Waals surface area contributed by atoms with Gasteiger partial charge in [0, 0.05) is 13.0 Å². The number of aryl methyl sites for hydroxylation is 1. The minimum Gasteiger partial charge on any atom is -0.496 e. The second kappa shape index (κ2) is 6.53. The van der Waals surface area contributed by atoms with Gasteiger partial charge in [0.05, 0.1) is 19.3 Å². The number of methoxy groups -OCH3 is 1. The van der Waals surface area contributed by atoms with Crippen LogP contribution in [0, 0.1) is 18.3 Å². The molecular weight excluding hydrogens is 254 g/mol. The fraction of sp³-hybridized carbons (Fsp3) is 0.500. The molecule has 1 fully saturated rings. The highest BCUT2D eigenvalue weighted by Gasteiger charge is 2.26. The van der Waals surface area contributed by atoms with E-state index in [1.807, 2.05) is 19.1 Å². The smallest absolute Gasteiger partial charge is 0.157 e. The number of benzene rings is 1. The van der Waals surface area contributed by atoms with Crippen molar-refractivity contribution < 1.29 is 14.3 Å². The number of nitrogens with zero attached hydrogens (tertiary/aromatic N) is 1. The Bertz CT molecular complexity index is 527. The lowest BCUT2D eigenvalue weighted by Crippen LogP contribution is -2.18. The number of nitriles is 1. The number of carbonyl (C=O) groups is 1. The fourth-order valence-corrected chi connectivity index (χ4v) is 2.50. The Morgan fingerprint density at radius 2 is 2.40 bits per heavy atom. The maximum absolute atomic E-state index is 12.3. The Labute approximate surface area is 119 Å². The number of ketones is 1. The van der Waals surface area contributed by atoms with Gasteiger partial charge < -0.3 is 9.47 Å². The van der Waals surface area contributed by atoms with E-state index in [0.29, 0.717) is 24.3 Å². The minimum atomic E-state index is -0.742. The quantitative estimate of drug-likeness (QED) is 0.827. The maximum Gasteiger partial charge on any atom is 0.157 e. The summed E-state index contributed by atoms with van der Waals surface area (Å²) in [5, 5.41) is 9.30. The van der Waals surface area contributed by atoms with Crippen molar-refractivity contribution >= 4 is 5.78 Å². The molecule has 1 saturated heterocycles. The van der Waals surface area contributed by atoms with E-state index in [4.69, 9.17) is 9.47 Å². The van der Waals surface area contributed by atoms with Gasteiger partial charge in [-0.15, -0.1) is 0 Å². The topological polar surface area (TPSA) is 59.3 Å². The molecule has 4 nitrogen and oxygen atoms in total. The molecule has 0 N–H and O–H groups in total. The average molecular weight is 273 g/mol. The number of ether oxygens (including phenoxy) is 2. The van der Waals surface area contributed by atoms with Crippen molar-refractivity contribution in [1.82, 2.24) is 0 Å². The lowest BCUT2D eigenvalue weighted by Gasteiger charge is -2.14. The molecule has 1 aromatic rings. The molecule has 20 heavy (non-hydrogen) atoms. The van der Waals surface area contributed by atoms with Gasteiger partial charge in [-0.1, -0.05) is 12.1 Å². The van der Waals surface area contributed by atoms with Crippen molar-refractivity contribution in [3.05, 3.63) is 29.3 Å². The molecule has 0 saturated carbocycles. The summed E-state index contributed by atoms with van der Waals surface area (Å²) in [7, 11) is 1.59. The van der Waals surface area contributed by atoms with Crippen molar-refractivity contribution in [2.24, 2.45) is 0 Å². The van der Waals surface area contributed by atoms with Gasteiger partial charge in [-0.05, 0) is 37.0 Å². The van der Waals surface area contributed by atoms with Gasteiger partial charge in [0.15, 0.2) is 5.78 Å². The van der Waals surface area contributed by atoms with Crippen molar-refractivity contribution in [2.45, 2.75) is 38.2 Å². The minimum absolute atomic E-state index is 0.0225. The lowest BCUT2D eigenvalue weighted by atomic mass is 9.91. The van der Waals surface area contributed by atoms with E-state index in [2.05, 4.69) is 6.07 Å². The molecule has 2 rings (SSSR count). The zero-order chi connectivity index (χ0) is 14.5. The molecule has 1 aliphatic rings. The van der Waals surface area contributed by atoms with Crippen LogP contribution in [0.2, 0.25) is 0 Å². The number of Topliss-reactive ketones (excluding diaryl/α,β-unsaturated/α-hetero) is 1. The van der Waals surface area contributed by atoms with Crippen LogP contribution in [0.25, 0.3) is 0 Å². The van der Waals surface area contributed by atoms with Crippen LogP contribution in [-0.4, -0.2) is 25.6 Å². The highest BCUT2D eigenvalue weighted by atomic mass is 16.5. The SMILES string of the molecule is COc1cc(C(C#N)C(=O)CC2CCCO2)ccc1C. The van der Waals surface area contributed by atoms with E-state index in [1.54, 1.807) is 13.2 Å². The van der Waals surface area contributed by atoms with E-state index in [9.17, 15) is 10.1 Å². The zero-order valence-electron chi connectivity index (χ0n) is 11.9. The van der Waals surface area contributed by atoms with Crippen molar-refractivity contribution in [1.29, 1.82) is 5.26 Å². The Balaban J connectivity index is 2.14. The first kappa shape index (κ1) is 14.5. The van der Waals surface area contributed by atoms with Crippen molar-refractivity contribution in [2.75, 3.05) is 13.7 Å². The molecule has 1 heterocycles. The summed E-state index contributed by atoms with van der Waals surface area (Å²) in [5.74, 6) is -0.119. The molecule has 4 heteroatoms. The Morgan fingerprint density at radius 3 is 3.00 bits per heavy atom. The van der Waals surface area contributed by atoms with E-state index in [1.165, 1.54) is 0 Å². The van der Waals surface area contributed by atoms with E-state index in [0.717, 1.165) is 18.4 Å². The maximum atomic E-state index is 12.3. The molecular formula is C16H19NO3. The zero-order valence-corrected chi connectivity index (χ0v) is 11.9. The summed E-state index contributed by atoms with van der Waals surface area (Å²) in [6, 6.07) is 7.57. The van der Waals surface area contributed by atoms with E-state index >= 15 is 0 Å². The number of hydrogen-bond donors (Lipinski definition) is 0. The molecule has 0 bridgehead atoms. The van der Waals surface area contributed by atoms with E-state index in [-0.39, 0.29) is 11.9 Å². The van der Waals surface area contributed by atoms with Crippen LogP contribution in [-0.2, 0) is 9.53 Å². The second-order valence-corrected chi connectivity index (χ2v) is 5.10. The predicted molar refractivity (Wildman–Crippen MR) is 74.7 cm³/mol. The first-order valence-corrected chi connectivity index (χ1v) is 6.84. The average Bonchev–Trinajstić information content (AvgIpc) is 2.94. The summed E-state index contributed by atoms with van der Waals surface area (Å²) < 4.78 is 10.7. The van der Waals surface area contributed by atoms with Crippen LogP contribution in [0.3, 0.4) is 0 Å². The molecule has 1 aromatic carbocycles. The van der Waals surface area contributed by atoms with Crippen molar-refractivity contribution in [3.63, 3.8) is 0 Å². The van der Waals surface area contributed by atoms with Gasteiger partial charge in [-0.2, -0.15) is 5.26 Å². The van der Waals surface area contributed by atoms with Gasteiger partial charge in [-0.3, -0.25) is 4.79 Å². The summed E-state index contributed by atoms with van der Waals surface area (Å²) in [5.41, 5.74) is 1.68. The third-order valence-corrected chi connectivity index (χ3v) is 3.67. The summed E-state index contributed by atoms with van der Waals surface area (Å²) >= 11 is 0. The molecule has 2 atom stereocenters. The number of carbonyl (C=O) groups excluding carboxylic acids is 1. The van der Waals surface area contributed by atoms with Crippen LogP contribution >= 0.6 is 0 Å². The standard InChI is InChI=1S/C16H19NO3/c1-11-5-6-12(8-16(11)19-2)14(10-17)15(18)9-13-4-3-7-20-13/h5-6,8,13-14H,3-4,7,9H2,1-2H3. The third-order valence-electron chi connectivity index (χ3n) is 3.67. The molecule has 1 aliphatic heterocycles. The summed E-state index contributed by atoms with van der Waals surface area (Å²) in [6.45, 7) is 2.64. The number of rotatable bonds is 5. The predicted octanol–water partition coefficient (Wildman–Crippen LogP) is 2.75. The molecule has 106 valence electrons. The van der Waals surface area contributed by atoms with Gasteiger partial charge in [-0.25, -0.2) is 0 Å².